The third-order valence-corrected chi connectivity index (χ3v) is 4.23. The maximum Gasteiger partial charge on any atom is 0.125 e. The number of benzene rings is 1. The minimum absolute atomic E-state index is 0.00995. The largest absolute Gasteiger partial charge is 0.496 e. The molecule has 3 heteroatoms. The molecular formula is C16H26N2O. The second-order valence-electron chi connectivity index (χ2n) is 5.92. The Labute approximate surface area is 116 Å². The lowest BCUT2D eigenvalue weighted by molar-refractivity contribution is 0.406. The van der Waals surface area contributed by atoms with E-state index in [9.17, 15) is 0 Å². The van der Waals surface area contributed by atoms with Gasteiger partial charge >= 0.3 is 0 Å². The van der Waals surface area contributed by atoms with Crippen molar-refractivity contribution in [2.75, 3.05) is 25.1 Å². The highest BCUT2D eigenvalue weighted by molar-refractivity contribution is 5.61. The Kier molecular flexibility index (Phi) is 4.35. The third-order valence-electron chi connectivity index (χ3n) is 4.23. The number of hydrogen-bond acceptors (Lipinski definition) is 3. The minimum Gasteiger partial charge on any atom is -0.496 e. The molecule has 1 unspecified atom stereocenters. The number of rotatable bonds is 4. The zero-order chi connectivity index (χ0) is 14.0. The van der Waals surface area contributed by atoms with E-state index in [-0.39, 0.29) is 6.04 Å². The van der Waals surface area contributed by atoms with E-state index in [2.05, 4.69) is 30.9 Å². The zero-order valence-corrected chi connectivity index (χ0v) is 12.5. The molecule has 0 amide bonds. The normalized spacial score (nSPS) is 20.9. The highest BCUT2D eigenvalue weighted by Crippen LogP contribution is 2.37. The predicted octanol–water partition coefficient (Wildman–Crippen LogP) is 3.20. The van der Waals surface area contributed by atoms with Gasteiger partial charge in [0.2, 0.25) is 0 Å². The van der Waals surface area contributed by atoms with Gasteiger partial charge in [0.25, 0.3) is 0 Å². The molecule has 0 bridgehead atoms. The standard InChI is InChI=1S/C16H26N2O/c1-11(2)13-8-9-18(10-13)14-6-5-7-15(19-4)16(14)12(3)17/h5-7,11-13H,8-10,17H2,1-4H3/t12-,13?/m0/s1. The Morgan fingerprint density at radius 2 is 2.05 bits per heavy atom. The van der Waals surface area contributed by atoms with E-state index in [1.807, 2.05) is 13.0 Å². The summed E-state index contributed by atoms with van der Waals surface area (Å²) in [5.74, 6) is 2.43. The SMILES string of the molecule is COc1cccc(N2CCC(C(C)C)C2)c1[C@H](C)N. The monoisotopic (exact) mass is 262 g/mol. The molecule has 2 atom stereocenters. The van der Waals surface area contributed by atoms with Gasteiger partial charge < -0.3 is 15.4 Å². The number of nitrogens with zero attached hydrogens (tertiary/aromatic N) is 1. The summed E-state index contributed by atoms with van der Waals surface area (Å²) in [6.45, 7) is 8.90. The van der Waals surface area contributed by atoms with Crippen LogP contribution in [0.15, 0.2) is 18.2 Å². The van der Waals surface area contributed by atoms with Gasteiger partial charge in [0.05, 0.1) is 7.11 Å². The molecule has 0 spiro atoms. The molecule has 1 saturated heterocycles. The van der Waals surface area contributed by atoms with Crippen LogP contribution in [0.25, 0.3) is 0 Å². The number of hydrogen-bond donors (Lipinski definition) is 1. The lowest BCUT2D eigenvalue weighted by atomic mass is 9.95. The van der Waals surface area contributed by atoms with Crippen molar-refractivity contribution in [3.8, 4) is 5.75 Å². The van der Waals surface area contributed by atoms with Gasteiger partial charge in [0.15, 0.2) is 0 Å². The third kappa shape index (κ3) is 2.86. The van der Waals surface area contributed by atoms with Crippen molar-refractivity contribution >= 4 is 5.69 Å². The summed E-state index contributed by atoms with van der Waals surface area (Å²) in [7, 11) is 1.71. The van der Waals surface area contributed by atoms with Crippen LogP contribution in [0.3, 0.4) is 0 Å². The fourth-order valence-electron chi connectivity index (χ4n) is 2.99. The highest BCUT2D eigenvalue weighted by Gasteiger charge is 2.27. The fourth-order valence-corrected chi connectivity index (χ4v) is 2.99. The van der Waals surface area contributed by atoms with Crippen molar-refractivity contribution in [2.24, 2.45) is 17.6 Å². The van der Waals surface area contributed by atoms with E-state index in [1.165, 1.54) is 12.1 Å². The van der Waals surface area contributed by atoms with Crippen LogP contribution < -0.4 is 15.4 Å². The minimum atomic E-state index is -0.00995. The molecule has 0 aromatic heterocycles. The predicted molar refractivity (Wildman–Crippen MR) is 80.8 cm³/mol. The molecule has 1 aliphatic rings. The molecule has 1 aromatic carbocycles. The first-order valence-electron chi connectivity index (χ1n) is 7.22. The zero-order valence-electron chi connectivity index (χ0n) is 12.5. The summed E-state index contributed by atoms with van der Waals surface area (Å²) >= 11 is 0. The van der Waals surface area contributed by atoms with E-state index >= 15 is 0 Å². The summed E-state index contributed by atoms with van der Waals surface area (Å²) in [5, 5.41) is 0. The van der Waals surface area contributed by atoms with Gasteiger partial charge in [0.1, 0.15) is 5.75 Å². The van der Waals surface area contributed by atoms with Crippen LogP contribution >= 0.6 is 0 Å². The Hall–Kier alpha value is -1.22. The van der Waals surface area contributed by atoms with Crippen molar-refractivity contribution < 1.29 is 4.74 Å². The maximum absolute atomic E-state index is 6.15. The summed E-state index contributed by atoms with van der Waals surface area (Å²) < 4.78 is 5.47. The second-order valence-corrected chi connectivity index (χ2v) is 5.92. The highest BCUT2D eigenvalue weighted by atomic mass is 16.5. The lowest BCUT2D eigenvalue weighted by Gasteiger charge is -2.25. The molecule has 2 N–H and O–H groups in total. The summed E-state index contributed by atoms with van der Waals surface area (Å²) in [4.78, 5) is 2.46. The number of anilines is 1. The smallest absolute Gasteiger partial charge is 0.125 e. The van der Waals surface area contributed by atoms with Crippen LogP contribution in [0.5, 0.6) is 5.75 Å². The van der Waals surface area contributed by atoms with Gasteiger partial charge in [-0.05, 0) is 37.3 Å². The Balaban J connectivity index is 2.30. The first-order valence-corrected chi connectivity index (χ1v) is 7.22. The van der Waals surface area contributed by atoms with Crippen LogP contribution in [0.4, 0.5) is 5.69 Å². The average Bonchev–Trinajstić information content (AvgIpc) is 2.87. The quantitative estimate of drug-likeness (QED) is 0.905. The van der Waals surface area contributed by atoms with Crippen LogP contribution in [0.1, 0.15) is 38.8 Å². The maximum atomic E-state index is 6.15. The van der Waals surface area contributed by atoms with Crippen molar-refractivity contribution in [3.63, 3.8) is 0 Å². The van der Waals surface area contributed by atoms with Gasteiger partial charge in [-0.25, -0.2) is 0 Å². The average molecular weight is 262 g/mol. The van der Waals surface area contributed by atoms with E-state index in [0.717, 1.165) is 36.2 Å². The van der Waals surface area contributed by atoms with E-state index in [0.29, 0.717) is 0 Å². The van der Waals surface area contributed by atoms with Gasteiger partial charge in [-0.3, -0.25) is 0 Å². The van der Waals surface area contributed by atoms with Crippen molar-refractivity contribution in [2.45, 2.75) is 33.2 Å². The van der Waals surface area contributed by atoms with Crippen LogP contribution in [0.2, 0.25) is 0 Å². The van der Waals surface area contributed by atoms with Gasteiger partial charge in [-0.2, -0.15) is 0 Å². The van der Waals surface area contributed by atoms with Crippen molar-refractivity contribution in [1.82, 2.24) is 0 Å². The molecule has 2 rings (SSSR count). The number of nitrogens with two attached hydrogens (primary N) is 1. The van der Waals surface area contributed by atoms with E-state index in [4.69, 9.17) is 10.5 Å². The lowest BCUT2D eigenvalue weighted by Crippen LogP contribution is -2.24. The van der Waals surface area contributed by atoms with Crippen LogP contribution in [-0.2, 0) is 0 Å². The summed E-state index contributed by atoms with van der Waals surface area (Å²) in [6, 6.07) is 6.22. The van der Waals surface area contributed by atoms with Gasteiger partial charge in [-0.1, -0.05) is 19.9 Å². The molecular weight excluding hydrogens is 236 g/mol. The van der Waals surface area contributed by atoms with E-state index in [1.54, 1.807) is 7.11 Å². The molecule has 3 nitrogen and oxygen atoms in total. The molecule has 1 fully saturated rings. The summed E-state index contributed by atoms with van der Waals surface area (Å²) in [5.41, 5.74) is 8.53. The molecule has 19 heavy (non-hydrogen) atoms. The van der Waals surface area contributed by atoms with Crippen LogP contribution in [0, 0.1) is 11.8 Å². The van der Waals surface area contributed by atoms with Gasteiger partial charge in [-0.15, -0.1) is 0 Å². The van der Waals surface area contributed by atoms with Crippen molar-refractivity contribution in [1.29, 1.82) is 0 Å². The molecule has 0 aliphatic carbocycles. The van der Waals surface area contributed by atoms with Crippen LogP contribution in [-0.4, -0.2) is 20.2 Å². The first kappa shape index (κ1) is 14.2. The fraction of sp³-hybridized carbons (Fsp3) is 0.625. The molecule has 0 radical (unpaired) electrons. The molecule has 1 heterocycles. The Bertz CT molecular complexity index is 429. The molecule has 106 valence electrons. The molecule has 0 saturated carbocycles. The Morgan fingerprint density at radius 1 is 1.32 bits per heavy atom. The number of methoxy groups -OCH3 is 1. The Morgan fingerprint density at radius 3 is 2.58 bits per heavy atom. The summed E-state index contributed by atoms with van der Waals surface area (Å²) in [6.07, 6.45) is 1.27. The first-order chi connectivity index (χ1) is 9.04. The van der Waals surface area contributed by atoms with Gasteiger partial charge in [0, 0.05) is 30.4 Å². The topological polar surface area (TPSA) is 38.5 Å². The van der Waals surface area contributed by atoms with Crippen molar-refractivity contribution in [3.05, 3.63) is 23.8 Å². The van der Waals surface area contributed by atoms with E-state index < -0.39 is 0 Å². The molecule has 1 aliphatic heterocycles. The second kappa shape index (κ2) is 5.83. The molecule has 1 aromatic rings. The number of ether oxygens (including phenoxy) is 1.